The Hall–Kier alpha value is -3.10. The third-order valence-electron chi connectivity index (χ3n) is 5.40. The summed E-state index contributed by atoms with van der Waals surface area (Å²) < 4.78 is 0. The van der Waals surface area contributed by atoms with Gasteiger partial charge >= 0.3 is 5.69 Å². The Labute approximate surface area is 177 Å². The number of fused-ring (bicyclic) bond motifs is 1. The lowest BCUT2D eigenvalue weighted by molar-refractivity contribution is -0.121. The monoisotopic (exact) mass is 427 g/mol. The minimum atomic E-state index is -0.348. The summed E-state index contributed by atoms with van der Waals surface area (Å²) in [5, 5.41) is 3.49. The van der Waals surface area contributed by atoms with Crippen LogP contribution in [-0.4, -0.2) is 63.8 Å². The largest absolute Gasteiger partial charge is 0.336 e. The zero-order valence-corrected chi connectivity index (χ0v) is 17.2. The first-order valence-corrected chi connectivity index (χ1v) is 10.1. The highest BCUT2D eigenvalue weighted by atomic mass is 35.5. The van der Waals surface area contributed by atoms with Gasteiger partial charge in [-0.15, -0.1) is 0 Å². The summed E-state index contributed by atoms with van der Waals surface area (Å²) in [6.07, 6.45) is 0. The lowest BCUT2D eigenvalue weighted by Crippen LogP contribution is -2.54. The maximum absolute atomic E-state index is 12.7. The van der Waals surface area contributed by atoms with E-state index in [-0.39, 0.29) is 23.5 Å². The van der Waals surface area contributed by atoms with Gasteiger partial charge in [0.05, 0.1) is 17.1 Å². The third kappa shape index (κ3) is 4.24. The fourth-order valence-corrected chi connectivity index (χ4v) is 3.74. The van der Waals surface area contributed by atoms with Gasteiger partial charge in [-0.25, -0.2) is 4.79 Å². The highest BCUT2D eigenvalue weighted by molar-refractivity contribution is 6.30. The number of hydrogen-bond acceptors (Lipinski definition) is 4. The molecule has 1 saturated heterocycles. The van der Waals surface area contributed by atoms with Crippen molar-refractivity contribution >= 4 is 40.1 Å². The fourth-order valence-electron chi connectivity index (χ4n) is 3.61. The molecular weight excluding hydrogens is 406 g/mol. The molecule has 3 N–H and O–H groups in total. The van der Waals surface area contributed by atoms with E-state index in [1.807, 2.05) is 6.92 Å². The van der Waals surface area contributed by atoms with Crippen molar-refractivity contribution in [3.63, 3.8) is 0 Å². The second kappa shape index (κ2) is 8.33. The Morgan fingerprint density at radius 2 is 1.67 bits per heavy atom. The van der Waals surface area contributed by atoms with E-state index in [1.54, 1.807) is 47.4 Å². The first-order chi connectivity index (χ1) is 14.4. The second-order valence-electron chi connectivity index (χ2n) is 7.34. The summed E-state index contributed by atoms with van der Waals surface area (Å²) >= 11 is 5.89. The predicted molar refractivity (Wildman–Crippen MR) is 116 cm³/mol. The van der Waals surface area contributed by atoms with Gasteiger partial charge < -0.3 is 20.2 Å². The second-order valence-corrected chi connectivity index (χ2v) is 7.78. The lowest BCUT2D eigenvalue weighted by Gasteiger charge is -2.37. The molecule has 1 unspecified atom stereocenters. The van der Waals surface area contributed by atoms with Crippen LogP contribution in [0.3, 0.4) is 0 Å². The van der Waals surface area contributed by atoms with Crippen LogP contribution in [0.2, 0.25) is 5.02 Å². The van der Waals surface area contributed by atoms with E-state index in [2.05, 4.69) is 20.2 Å². The van der Waals surface area contributed by atoms with Crippen molar-refractivity contribution in [3.8, 4) is 0 Å². The molecule has 0 spiro atoms. The summed E-state index contributed by atoms with van der Waals surface area (Å²) in [6.45, 7) is 4.17. The molecule has 0 radical (unpaired) electrons. The number of piperazine rings is 1. The quantitative estimate of drug-likeness (QED) is 0.594. The molecule has 9 heteroatoms. The van der Waals surface area contributed by atoms with Crippen LogP contribution in [0.15, 0.2) is 47.3 Å². The number of halogens is 1. The van der Waals surface area contributed by atoms with Crippen LogP contribution in [0.25, 0.3) is 11.0 Å². The van der Waals surface area contributed by atoms with Crippen LogP contribution < -0.4 is 11.0 Å². The van der Waals surface area contributed by atoms with Gasteiger partial charge in [-0.1, -0.05) is 11.6 Å². The van der Waals surface area contributed by atoms with Crippen LogP contribution >= 0.6 is 11.6 Å². The van der Waals surface area contributed by atoms with Gasteiger partial charge in [-0.2, -0.15) is 0 Å². The number of nitrogens with one attached hydrogen (secondary N) is 3. The number of carbonyl (C=O) groups is 2. The highest BCUT2D eigenvalue weighted by Crippen LogP contribution is 2.17. The average Bonchev–Trinajstić information content (AvgIpc) is 3.12. The normalized spacial score (nSPS) is 15.9. The van der Waals surface area contributed by atoms with Gasteiger partial charge in [0.1, 0.15) is 0 Å². The van der Waals surface area contributed by atoms with E-state index in [0.29, 0.717) is 53.5 Å². The van der Waals surface area contributed by atoms with Gasteiger partial charge in [0, 0.05) is 42.5 Å². The molecular formula is C21H22ClN5O3. The molecule has 1 atom stereocenters. The first-order valence-electron chi connectivity index (χ1n) is 9.72. The number of nitrogens with zero attached hydrogens (tertiary/aromatic N) is 2. The molecule has 1 aliphatic rings. The minimum absolute atomic E-state index is 0.0304. The van der Waals surface area contributed by atoms with Gasteiger partial charge in [-0.3, -0.25) is 14.5 Å². The molecule has 0 bridgehead atoms. The smallest absolute Gasteiger partial charge is 0.323 e. The highest BCUT2D eigenvalue weighted by Gasteiger charge is 2.28. The predicted octanol–water partition coefficient (Wildman–Crippen LogP) is 2.29. The first kappa shape index (κ1) is 20.2. The Morgan fingerprint density at radius 3 is 2.37 bits per heavy atom. The molecule has 0 aliphatic carbocycles. The standard InChI is InChI=1S/C21H22ClN5O3/c1-13(19(28)23-16-6-7-17-18(12-16)25-21(30)24-17)26-8-10-27(11-9-26)20(29)14-2-4-15(22)5-3-14/h2-7,12-13H,8-11H2,1H3,(H,23,28)(H2,24,25,30). The summed E-state index contributed by atoms with van der Waals surface area (Å²) in [7, 11) is 0. The van der Waals surface area contributed by atoms with E-state index in [4.69, 9.17) is 11.6 Å². The topological polar surface area (TPSA) is 101 Å². The number of aromatic amines is 2. The summed E-state index contributed by atoms with van der Waals surface area (Å²) in [6, 6.07) is 11.7. The van der Waals surface area contributed by atoms with Gasteiger partial charge in [0.2, 0.25) is 5.91 Å². The number of H-pyrrole nitrogens is 2. The molecule has 156 valence electrons. The van der Waals surface area contributed by atoms with Crippen molar-refractivity contribution < 1.29 is 9.59 Å². The molecule has 8 nitrogen and oxygen atoms in total. The zero-order valence-electron chi connectivity index (χ0n) is 16.4. The average molecular weight is 428 g/mol. The number of aromatic nitrogens is 2. The van der Waals surface area contributed by atoms with Gasteiger partial charge in [0.15, 0.2) is 0 Å². The minimum Gasteiger partial charge on any atom is -0.336 e. The van der Waals surface area contributed by atoms with Crippen LogP contribution in [-0.2, 0) is 4.79 Å². The maximum atomic E-state index is 12.7. The number of carbonyl (C=O) groups excluding carboxylic acids is 2. The summed E-state index contributed by atoms with van der Waals surface area (Å²) in [4.78, 5) is 45.9. The van der Waals surface area contributed by atoms with Crippen molar-refractivity contribution in [1.29, 1.82) is 0 Å². The number of imidazole rings is 1. The van der Waals surface area contributed by atoms with Crippen molar-refractivity contribution in [2.24, 2.45) is 0 Å². The van der Waals surface area contributed by atoms with E-state index in [1.165, 1.54) is 0 Å². The van der Waals surface area contributed by atoms with Gasteiger partial charge in [0.25, 0.3) is 5.91 Å². The Bertz CT molecular complexity index is 1130. The summed E-state index contributed by atoms with van der Waals surface area (Å²) in [5.41, 5.74) is 2.27. The number of anilines is 1. The molecule has 1 aliphatic heterocycles. The van der Waals surface area contributed by atoms with E-state index in [9.17, 15) is 14.4 Å². The number of hydrogen-bond donors (Lipinski definition) is 3. The Balaban J connectivity index is 1.34. The SMILES string of the molecule is CC(C(=O)Nc1ccc2[nH]c(=O)[nH]c2c1)N1CCN(C(=O)c2ccc(Cl)cc2)CC1. The number of amides is 2. The Kier molecular flexibility index (Phi) is 5.61. The van der Waals surface area contributed by atoms with Crippen LogP contribution in [0.5, 0.6) is 0 Å². The van der Waals surface area contributed by atoms with Crippen molar-refractivity contribution in [2.45, 2.75) is 13.0 Å². The lowest BCUT2D eigenvalue weighted by atomic mass is 10.1. The molecule has 2 aromatic carbocycles. The van der Waals surface area contributed by atoms with Crippen LogP contribution in [0, 0.1) is 0 Å². The van der Waals surface area contributed by atoms with E-state index < -0.39 is 0 Å². The fraction of sp³-hybridized carbons (Fsp3) is 0.286. The van der Waals surface area contributed by atoms with Crippen LogP contribution in [0.4, 0.5) is 5.69 Å². The molecule has 2 heterocycles. The van der Waals surface area contributed by atoms with E-state index in [0.717, 1.165) is 0 Å². The van der Waals surface area contributed by atoms with Crippen molar-refractivity contribution in [2.75, 3.05) is 31.5 Å². The van der Waals surface area contributed by atoms with Crippen molar-refractivity contribution in [3.05, 3.63) is 63.5 Å². The van der Waals surface area contributed by atoms with Crippen LogP contribution in [0.1, 0.15) is 17.3 Å². The molecule has 0 saturated carbocycles. The Morgan fingerprint density at radius 1 is 1.00 bits per heavy atom. The van der Waals surface area contributed by atoms with E-state index >= 15 is 0 Å². The molecule has 2 amide bonds. The zero-order chi connectivity index (χ0) is 21.3. The third-order valence-corrected chi connectivity index (χ3v) is 5.66. The maximum Gasteiger partial charge on any atom is 0.323 e. The molecule has 4 rings (SSSR count). The molecule has 1 aromatic heterocycles. The number of benzene rings is 2. The van der Waals surface area contributed by atoms with Gasteiger partial charge in [-0.05, 0) is 49.4 Å². The summed E-state index contributed by atoms with van der Waals surface area (Å²) in [5.74, 6) is -0.165. The molecule has 30 heavy (non-hydrogen) atoms. The molecule has 1 fully saturated rings. The molecule has 3 aromatic rings. The number of rotatable bonds is 4. The van der Waals surface area contributed by atoms with Crippen molar-refractivity contribution in [1.82, 2.24) is 19.8 Å².